The zero-order valence-corrected chi connectivity index (χ0v) is 11.1. The first-order chi connectivity index (χ1) is 8.84. The third kappa shape index (κ3) is 2.40. The van der Waals surface area contributed by atoms with Crippen LogP contribution in [-0.2, 0) is 4.79 Å². The van der Waals surface area contributed by atoms with Gasteiger partial charge in [0.1, 0.15) is 0 Å². The number of hydrogen-bond acceptors (Lipinski definition) is 3. The Balaban J connectivity index is 1.67. The molecule has 0 saturated carbocycles. The highest BCUT2D eigenvalue weighted by atomic mass is 32.2. The van der Waals surface area contributed by atoms with E-state index in [1.54, 1.807) is 11.8 Å². The van der Waals surface area contributed by atoms with Gasteiger partial charge in [-0.3, -0.25) is 4.79 Å². The summed E-state index contributed by atoms with van der Waals surface area (Å²) < 4.78 is 0. The van der Waals surface area contributed by atoms with Crippen molar-refractivity contribution in [2.75, 3.05) is 18.8 Å². The number of thioether (sulfide) groups is 1. The summed E-state index contributed by atoms with van der Waals surface area (Å²) in [4.78, 5) is 13.6. The summed E-state index contributed by atoms with van der Waals surface area (Å²) >= 11 is 1.79. The number of fused-ring (bicyclic) bond motifs is 1. The van der Waals surface area contributed by atoms with Crippen molar-refractivity contribution in [2.24, 2.45) is 0 Å². The topological polar surface area (TPSA) is 41.1 Å². The van der Waals surface area contributed by atoms with E-state index in [4.69, 9.17) is 0 Å². The first kappa shape index (κ1) is 12.1. The van der Waals surface area contributed by atoms with Crippen molar-refractivity contribution >= 4 is 17.7 Å². The molecule has 2 aliphatic heterocycles. The van der Waals surface area contributed by atoms with E-state index < -0.39 is 0 Å². The van der Waals surface area contributed by atoms with Gasteiger partial charge in [-0.1, -0.05) is 18.2 Å². The van der Waals surface area contributed by atoms with Crippen molar-refractivity contribution in [1.29, 1.82) is 0 Å². The number of hydrogen-bond donors (Lipinski definition) is 2. The molecule has 2 aliphatic rings. The SMILES string of the molecule is O=C(NC1CCNCC1)C1CSc2ccccc21. The smallest absolute Gasteiger partial charge is 0.228 e. The number of benzene rings is 1. The molecule has 3 rings (SSSR count). The number of rotatable bonds is 2. The molecule has 2 N–H and O–H groups in total. The van der Waals surface area contributed by atoms with Gasteiger partial charge >= 0.3 is 0 Å². The Labute approximate surface area is 112 Å². The third-order valence-electron chi connectivity index (χ3n) is 3.70. The van der Waals surface area contributed by atoms with Crippen LogP contribution < -0.4 is 10.6 Å². The van der Waals surface area contributed by atoms with Crippen LogP contribution in [0.1, 0.15) is 24.3 Å². The van der Waals surface area contributed by atoms with Gasteiger partial charge in [0, 0.05) is 16.7 Å². The Hall–Kier alpha value is -1.00. The summed E-state index contributed by atoms with van der Waals surface area (Å²) in [6.07, 6.45) is 2.10. The molecular formula is C14H18N2OS. The van der Waals surface area contributed by atoms with Crippen LogP contribution >= 0.6 is 11.8 Å². The van der Waals surface area contributed by atoms with Gasteiger partial charge in [0.25, 0.3) is 0 Å². The molecule has 4 heteroatoms. The van der Waals surface area contributed by atoms with E-state index in [-0.39, 0.29) is 11.8 Å². The Morgan fingerprint density at radius 3 is 2.89 bits per heavy atom. The molecule has 0 spiro atoms. The lowest BCUT2D eigenvalue weighted by atomic mass is 9.99. The molecule has 0 bridgehead atoms. The average molecular weight is 262 g/mol. The standard InChI is InChI=1S/C14H18N2OS/c17-14(16-10-5-7-15-8-6-10)12-9-18-13-4-2-1-3-11(12)13/h1-4,10,12,15H,5-9H2,(H,16,17). The molecule has 96 valence electrons. The van der Waals surface area contributed by atoms with Crippen LogP contribution in [0.2, 0.25) is 0 Å². The highest BCUT2D eigenvalue weighted by Crippen LogP contribution is 2.39. The molecule has 0 aromatic heterocycles. The normalized spacial score (nSPS) is 23.7. The fourth-order valence-electron chi connectivity index (χ4n) is 2.65. The first-order valence-electron chi connectivity index (χ1n) is 6.57. The van der Waals surface area contributed by atoms with Gasteiger partial charge in [-0.2, -0.15) is 0 Å². The average Bonchev–Trinajstić information content (AvgIpc) is 2.84. The fourth-order valence-corrected chi connectivity index (χ4v) is 3.88. The monoisotopic (exact) mass is 262 g/mol. The zero-order valence-electron chi connectivity index (χ0n) is 10.3. The van der Waals surface area contributed by atoms with E-state index in [9.17, 15) is 4.79 Å². The van der Waals surface area contributed by atoms with Crippen molar-refractivity contribution < 1.29 is 4.79 Å². The molecule has 0 radical (unpaired) electrons. The lowest BCUT2D eigenvalue weighted by Crippen LogP contribution is -2.44. The third-order valence-corrected chi connectivity index (χ3v) is 4.88. The number of amides is 1. The van der Waals surface area contributed by atoms with Crippen molar-refractivity contribution in [3.8, 4) is 0 Å². The van der Waals surface area contributed by atoms with Crippen molar-refractivity contribution in [3.63, 3.8) is 0 Å². The van der Waals surface area contributed by atoms with Crippen molar-refractivity contribution in [1.82, 2.24) is 10.6 Å². The minimum absolute atomic E-state index is 0.0427. The van der Waals surface area contributed by atoms with E-state index in [0.717, 1.165) is 31.7 Å². The molecule has 1 saturated heterocycles. The van der Waals surface area contributed by atoms with Gasteiger partial charge < -0.3 is 10.6 Å². The molecular weight excluding hydrogens is 244 g/mol. The van der Waals surface area contributed by atoms with Gasteiger partial charge in [-0.25, -0.2) is 0 Å². The second kappa shape index (κ2) is 5.33. The molecule has 1 aromatic rings. The van der Waals surface area contributed by atoms with Crippen LogP contribution in [0.15, 0.2) is 29.2 Å². The second-order valence-electron chi connectivity index (χ2n) is 4.93. The van der Waals surface area contributed by atoms with Gasteiger partial charge in [0.05, 0.1) is 5.92 Å². The summed E-state index contributed by atoms with van der Waals surface area (Å²) in [6, 6.07) is 8.62. The van der Waals surface area contributed by atoms with Gasteiger partial charge in [0.15, 0.2) is 0 Å². The van der Waals surface area contributed by atoms with E-state index in [2.05, 4.69) is 22.8 Å². The summed E-state index contributed by atoms with van der Waals surface area (Å²) in [7, 11) is 0. The van der Waals surface area contributed by atoms with Gasteiger partial charge in [-0.05, 0) is 37.6 Å². The van der Waals surface area contributed by atoms with Crippen molar-refractivity contribution in [2.45, 2.75) is 29.7 Å². The predicted octanol–water partition coefficient (Wildman–Crippen LogP) is 1.74. The Kier molecular flexibility index (Phi) is 3.57. The number of nitrogens with one attached hydrogen (secondary N) is 2. The molecule has 1 amide bonds. The molecule has 2 heterocycles. The maximum absolute atomic E-state index is 12.3. The van der Waals surface area contributed by atoms with Crippen molar-refractivity contribution in [3.05, 3.63) is 29.8 Å². The first-order valence-corrected chi connectivity index (χ1v) is 7.56. The van der Waals surface area contributed by atoms with Gasteiger partial charge in [0.2, 0.25) is 5.91 Å². The van der Waals surface area contributed by atoms with Crippen LogP contribution in [0.4, 0.5) is 0 Å². The largest absolute Gasteiger partial charge is 0.353 e. The quantitative estimate of drug-likeness (QED) is 0.853. The van der Waals surface area contributed by atoms with Crippen LogP contribution in [0.5, 0.6) is 0 Å². The Morgan fingerprint density at radius 2 is 2.06 bits per heavy atom. The molecule has 0 aliphatic carbocycles. The predicted molar refractivity (Wildman–Crippen MR) is 73.9 cm³/mol. The number of carbonyl (C=O) groups excluding carboxylic acids is 1. The van der Waals surface area contributed by atoms with E-state index in [1.165, 1.54) is 10.5 Å². The molecule has 1 atom stereocenters. The van der Waals surface area contributed by atoms with E-state index in [1.807, 2.05) is 12.1 Å². The summed E-state index contributed by atoms with van der Waals surface area (Å²) in [6.45, 7) is 2.03. The molecule has 1 unspecified atom stereocenters. The Morgan fingerprint density at radius 1 is 1.28 bits per heavy atom. The van der Waals surface area contributed by atoms with E-state index in [0.29, 0.717) is 6.04 Å². The van der Waals surface area contributed by atoms with Crippen LogP contribution in [0.25, 0.3) is 0 Å². The lowest BCUT2D eigenvalue weighted by molar-refractivity contribution is -0.122. The van der Waals surface area contributed by atoms with E-state index >= 15 is 0 Å². The minimum atomic E-state index is 0.0427. The highest BCUT2D eigenvalue weighted by Gasteiger charge is 2.30. The van der Waals surface area contributed by atoms with Crippen LogP contribution in [0, 0.1) is 0 Å². The highest BCUT2D eigenvalue weighted by molar-refractivity contribution is 7.99. The Bertz CT molecular complexity index is 443. The second-order valence-corrected chi connectivity index (χ2v) is 6.00. The molecule has 1 fully saturated rings. The number of piperidine rings is 1. The molecule has 18 heavy (non-hydrogen) atoms. The minimum Gasteiger partial charge on any atom is -0.353 e. The van der Waals surface area contributed by atoms with Crippen LogP contribution in [0.3, 0.4) is 0 Å². The van der Waals surface area contributed by atoms with Gasteiger partial charge in [-0.15, -0.1) is 11.8 Å². The fraction of sp³-hybridized carbons (Fsp3) is 0.500. The molecule has 1 aromatic carbocycles. The lowest BCUT2D eigenvalue weighted by Gasteiger charge is -2.25. The summed E-state index contributed by atoms with van der Waals surface area (Å²) in [5.41, 5.74) is 1.20. The number of carbonyl (C=O) groups is 1. The summed E-state index contributed by atoms with van der Waals surface area (Å²) in [5, 5.41) is 6.53. The summed E-state index contributed by atoms with van der Waals surface area (Å²) in [5.74, 6) is 1.14. The molecule has 3 nitrogen and oxygen atoms in total. The maximum atomic E-state index is 12.3. The maximum Gasteiger partial charge on any atom is 0.228 e. The van der Waals surface area contributed by atoms with Crippen LogP contribution in [-0.4, -0.2) is 30.8 Å². The zero-order chi connectivity index (χ0) is 12.4.